The van der Waals surface area contributed by atoms with Gasteiger partial charge in [0.05, 0.1) is 17.9 Å². The number of hydrogen-bond acceptors (Lipinski definition) is 3. The molecule has 5 heteroatoms. The maximum atomic E-state index is 11.3. The number of amides is 1. The molecule has 1 rings (SSSR count). The first-order valence-electron chi connectivity index (χ1n) is 4.12. The van der Waals surface area contributed by atoms with Crippen molar-refractivity contribution in [3.63, 3.8) is 0 Å². The molecule has 5 nitrogen and oxygen atoms in total. The largest absolute Gasteiger partial charge is 0.322 e. The van der Waals surface area contributed by atoms with Gasteiger partial charge in [-0.3, -0.25) is 9.48 Å². The maximum absolute atomic E-state index is 11.3. The minimum absolute atomic E-state index is 0.228. The van der Waals surface area contributed by atoms with Gasteiger partial charge >= 0.3 is 0 Å². The second-order valence-electron chi connectivity index (χ2n) is 2.91. The average molecular weight is 192 g/mol. The Labute approximate surface area is 82.3 Å². The molecule has 0 saturated heterocycles. The van der Waals surface area contributed by atoms with Crippen molar-refractivity contribution in [2.45, 2.75) is 12.5 Å². The topological polar surface area (TPSA) is 72.9 Å². The van der Waals surface area contributed by atoms with Gasteiger partial charge in [0.25, 0.3) is 0 Å². The summed E-state index contributed by atoms with van der Waals surface area (Å²) in [5.41, 5.74) is 6.12. The Bertz CT molecular complexity index is 363. The minimum Gasteiger partial charge on any atom is -0.322 e. The third-order valence-electron chi connectivity index (χ3n) is 1.65. The summed E-state index contributed by atoms with van der Waals surface area (Å²) in [6.45, 7) is 0. The Morgan fingerprint density at radius 3 is 3.14 bits per heavy atom. The van der Waals surface area contributed by atoms with Crippen LogP contribution >= 0.6 is 0 Å². The number of aryl methyl sites for hydroxylation is 1. The van der Waals surface area contributed by atoms with Gasteiger partial charge in [0, 0.05) is 19.7 Å². The summed E-state index contributed by atoms with van der Waals surface area (Å²) in [5.74, 6) is 2.04. The van der Waals surface area contributed by atoms with E-state index < -0.39 is 6.04 Å². The van der Waals surface area contributed by atoms with Gasteiger partial charge in [-0.15, -0.1) is 12.3 Å². The zero-order chi connectivity index (χ0) is 10.6. The third-order valence-corrected chi connectivity index (χ3v) is 1.65. The van der Waals surface area contributed by atoms with Gasteiger partial charge in [-0.2, -0.15) is 5.10 Å². The van der Waals surface area contributed by atoms with Crippen LogP contribution in [0.25, 0.3) is 0 Å². The van der Waals surface area contributed by atoms with E-state index in [1.807, 2.05) is 0 Å². The molecule has 1 atom stereocenters. The molecule has 1 aromatic heterocycles. The van der Waals surface area contributed by atoms with Crippen molar-refractivity contribution >= 4 is 11.6 Å². The average Bonchev–Trinajstić information content (AvgIpc) is 2.51. The number of terminal acetylenes is 1. The molecule has 0 saturated carbocycles. The van der Waals surface area contributed by atoms with Gasteiger partial charge in [0.1, 0.15) is 0 Å². The highest BCUT2D eigenvalue weighted by atomic mass is 16.2. The monoisotopic (exact) mass is 192 g/mol. The third kappa shape index (κ3) is 2.61. The fraction of sp³-hybridized carbons (Fsp3) is 0.333. The Morgan fingerprint density at radius 1 is 1.93 bits per heavy atom. The molecular weight excluding hydrogens is 180 g/mol. The molecule has 1 amide bonds. The fourth-order valence-corrected chi connectivity index (χ4v) is 0.940. The van der Waals surface area contributed by atoms with Gasteiger partial charge in [-0.05, 0) is 0 Å². The van der Waals surface area contributed by atoms with Gasteiger partial charge in [0.2, 0.25) is 5.91 Å². The summed E-state index contributed by atoms with van der Waals surface area (Å²) in [6.07, 6.45) is 8.49. The molecule has 1 heterocycles. The van der Waals surface area contributed by atoms with Gasteiger partial charge in [-0.1, -0.05) is 0 Å². The normalized spacial score (nSPS) is 11.8. The predicted octanol–water partition coefficient (Wildman–Crippen LogP) is -0.291. The molecule has 0 fully saturated rings. The lowest BCUT2D eigenvalue weighted by atomic mass is 10.2. The van der Waals surface area contributed by atoms with E-state index in [0.29, 0.717) is 5.69 Å². The molecular formula is C9H12N4O. The molecule has 0 spiro atoms. The number of nitrogens with zero attached hydrogens (tertiary/aromatic N) is 2. The van der Waals surface area contributed by atoms with Crippen molar-refractivity contribution in [2.24, 2.45) is 12.8 Å². The molecule has 0 radical (unpaired) electrons. The maximum Gasteiger partial charge on any atom is 0.242 e. The van der Waals surface area contributed by atoms with Crippen LogP contribution in [0, 0.1) is 12.3 Å². The summed E-state index contributed by atoms with van der Waals surface area (Å²) in [5, 5.41) is 6.50. The lowest BCUT2D eigenvalue weighted by Crippen LogP contribution is -2.35. The molecule has 0 aliphatic heterocycles. The van der Waals surface area contributed by atoms with E-state index in [1.165, 1.54) is 0 Å². The van der Waals surface area contributed by atoms with Gasteiger partial charge in [-0.25, -0.2) is 0 Å². The number of carbonyl (C=O) groups is 1. The molecule has 1 unspecified atom stereocenters. The molecule has 0 aliphatic carbocycles. The van der Waals surface area contributed by atoms with Crippen LogP contribution in [0.5, 0.6) is 0 Å². The van der Waals surface area contributed by atoms with Crippen molar-refractivity contribution in [3.05, 3.63) is 12.4 Å². The van der Waals surface area contributed by atoms with Crippen LogP contribution in [0.2, 0.25) is 0 Å². The number of nitrogens with one attached hydrogen (secondary N) is 1. The zero-order valence-electron chi connectivity index (χ0n) is 7.90. The molecule has 1 aromatic rings. The Balaban J connectivity index is 2.53. The van der Waals surface area contributed by atoms with Crippen molar-refractivity contribution in [1.82, 2.24) is 9.78 Å². The van der Waals surface area contributed by atoms with Crippen LogP contribution in [-0.4, -0.2) is 21.7 Å². The number of nitrogens with two attached hydrogens (primary N) is 1. The zero-order valence-corrected chi connectivity index (χ0v) is 7.90. The standard InChI is InChI=1S/C9H12N4O/c1-3-4-8(10)9(14)12-7-5-11-13(2)6-7/h1,5-6,8H,4,10H2,2H3,(H,12,14). The first kappa shape index (κ1) is 10.3. The van der Waals surface area contributed by atoms with E-state index in [2.05, 4.69) is 16.3 Å². The molecule has 0 bridgehead atoms. The second kappa shape index (κ2) is 4.44. The molecule has 0 aliphatic rings. The highest BCUT2D eigenvalue weighted by molar-refractivity contribution is 5.94. The highest BCUT2D eigenvalue weighted by Gasteiger charge is 2.12. The number of hydrogen-bond donors (Lipinski definition) is 2. The minimum atomic E-state index is -0.666. The molecule has 0 aromatic carbocycles. The summed E-state index contributed by atoms with van der Waals surface area (Å²) >= 11 is 0. The van der Waals surface area contributed by atoms with E-state index in [-0.39, 0.29) is 12.3 Å². The van der Waals surface area contributed by atoms with Crippen LogP contribution in [-0.2, 0) is 11.8 Å². The van der Waals surface area contributed by atoms with Gasteiger partial charge < -0.3 is 11.1 Å². The quantitative estimate of drug-likeness (QED) is 0.646. The summed E-state index contributed by atoms with van der Waals surface area (Å²) < 4.78 is 1.59. The van der Waals surface area contributed by atoms with Crippen molar-refractivity contribution in [2.75, 3.05) is 5.32 Å². The number of aromatic nitrogens is 2. The molecule has 3 N–H and O–H groups in total. The van der Waals surface area contributed by atoms with Gasteiger partial charge in [0.15, 0.2) is 0 Å². The Morgan fingerprint density at radius 2 is 2.64 bits per heavy atom. The summed E-state index contributed by atoms with van der Waals surface area (Å²) in [7, 11) is 1.76. The smallest absolute Gasteiger partial charge is 0.242 e. The molecule has 14 heavy (non-hydrogen) atoms. The van der Waals surface area contributed by atoms with Crippen molar-refractivity contribution < 1.29 is 4.79 Å². The van der Waals surface area contributed by atoms with E-state index in [9.17, 15) is 4.79 Å². The van der Waals surface area contributed by atoms with Crippen LogP contribution < -0.4 is 11.1 Å². The van der Waals surface area contributed by atoms with Crippen LogP contribution in [0.1, 0.15) is 6.42 Å². The predicted molar refractivity (Wildman–Crippen MR) is 53.3 cm³/mol. The van der Waals surface area contributed by atoms with Crippen LogP contribution in [0.3, 0.4) is 0 Å². The lowest BCUT2D eigenvalue weighted by molar-refractivity contribution is -0.117. The molecule has 74 valence electrons. The van der Waals surface area contributed by atoms with E-state index in [1.54, 1.807) is 24.1 Å². The van der Waals surface area contributed by atoms with E-state index >= 15 is 0 Å². The van der Waals surface area contributed by atoms with E-state index in [4.69, 9.17) is 12.2 Å². The second-order valence-corrected chi connectivity index (χ2v) is 2.91. The number of anilines is 1. The summed E-state index contributed by atoms with van der Waals surface area (Å²) in [4.78, 5) is 11.3. The van der Waals surface area contributed by atoms with E-state index in [0.717, 1.165) is 0 Å². The highest BCUT2D eigenvalue weighted by Crippen LogP contribution is 2.04. The number of rotatable bonds is 3. The first-order valence-corrected chi connectivity index (χ1v) is 4.12. The Hall–Kier alpha value is -1.80. The lowest BCUT2D eigenvalue weighted by Gasteiger charge is -2.06. The number of carbonyl (C=O) groups excluding carboxylic acids is 1. The van der Waals surface area contributed by atoms with Crippen molar-refractivity contribution in [3.8, 4) is 12.3 Å². The van der Waals surface area contributed by atoms with Crippen LogP contribution in [0.4, 0.5) is 5.69 Å². The SMILES string of the molecule is C#CCC(N)C(=O)Nc1cnn(C)c1. The Kier molecular flexibility index (Phi) is 3.26. The first-order chi connectivity index (χ1) is 6.63. The fourth-order valence-electron chi connectivity index (χ4n) is 0.940. The summed E-state index contributed by atoms with van der Waals surface area (Å²) in [6, 6.07) is -0.666. The van der Waals surface area contributed by atoms with Crippen LogP contribution in [0.15, 0.2) is 12.4 Å². The van der Waals surface area contributed by atoms with Crippen molar-refractivity contribution in [1.29, 1.82) is 0 Å².